The van der Waals surface area contributed by atoms with Gasteiger partial charge >= 0.3 is 0 Å². The lowest BCUT2D eigenvalue weighted by Gasteiger charge is -2.07. The molecule has 1 heterocycles. The van der Waals surface area contributed by atoms with E-state index in [9.17, 15) is 4.79 Å². The highest BCUT2D eigenvalue weighted by Crippen LogP contribution is 2.19. The third-order valence-corrected chi connectivity index (χ3v) is 3.43. The zero-order valence-electron chi connectivity index (χ0n) is 9.24. The topological polar surface area (TPSA) is 43.1 Å². The van der Waals surface area contributed by atoms with Crippen molar-refractivity contribution in [3.63, 3.8) is 0 Å². The number of nitrogens with two attached hydrogens (primary N) is 1. The Balaban J connectivity index is 2.28. The molecule has 1 atom stereocenters. The fraction of sp³-hybridized carbons (Fsp3) is 0.583. The van der Waals surface area contributed by atoms with Crippen molar-refractivity contribution in [2.45, 2.75) is 45.1 Å². The van der Waals surface area contributed by atoms with Gasteiger partial charge in [-0.3, -0.25) is 4.79 Å². The van der Waals surface area contributed by atoms with Crippen LogP contribution in [-0.2, 0) is 4.79 Å². The van der Waals surface area contributed by atoms with Crippen LogP contribution in [0.25, 0.3) is 0 Å². The first-order valence-electron chi connectivity index (χ1n) is 5.57. The van der Waals surface area contributed by atoms with E-state index >= 15 is 0 Å². The van der Waals surface area contributed by atoms with Gasteiger partial charge in [0.05, 0.1) is 6.04 Å². The van der Waals surface area contributed by atoms with Crippen molar-refractivity contribution in [3.05, 3.63) is 22.4 Å². The Kier molecular flexibility index (Phi) is 5.58. The summed E-state index contributed by atoms with van der Waals surface area (Å²) in [6.07, 6.45) is 5.15. The first-order chi connectivity index (χ1) is 7.25. The molecule has 0 bridgehead atoms. The lowest BCUT2D eigenvalue weighted by atomic mass is 10.0. The number of hydrogen-bond donors (Lipinski definition) is 1. The van der Waals surface area contributed by atoms with Crippen LogP contribution in [0.15, 0.2) is 17.5 Å². The van der Waals surface area contributed by atoms with Crippen LogP contribution in [0, 0.1) is 0 Å². The quantitative estimate of drug-likeness (QED) is 0.724. The molecule has 0 amide bonds. The second-order valence-corrected chi connectivity index (χ2v) is 4.75. The van der Waals surface area contributed by atoms with Gasteiger partial charge in [0.2, 0.25) is 0 Å². The molecule has 84 valence electrons. The molecule has 1 aromatic heterocycles. The second kappa shape index (κ2) is 6.75. The second-order valence-electron chi connectivity index (χ2n) is 3.77. The Morgan fingerprint density at radius 3 is 2.87 bits per heavy atom. The zero-order chi connectivity index (χ0) is 11.1. The molecule has 1 rings (SSSR count). The van der Waals surface area contributed by atoms with E-state index in [1.807, 2.05) is 17.5 Å². The summed E-state index contributed by atoms with van der Waals surface area (Å²) in [6.45, 7) is 2.17. The van der Waals surface area contributed by atoms with Gasteiger partial charge in [0.15, 0.2) is 5.78 Å². The summed E-state index contributed by atoms with van der Waals surface area (Å²) in [4.78, 5) is 12.7. The van der Waals surface area contributed by atoms with E-state index in [1.165, 1.54) is 12.8 Å². The Morgan fingerprint density at radius 1 is 1.47 bits per heavy atom. The summed E-state index contributed by atoms with van der Waals surface area (Å²) in [5.41, 5.74) is 5.86. The van der Waals surface area contributed by atoms with Gasteiger partial charge < -0.3 is 5.73 Å². The summed E-state index contributed by atoms with van der Waals surface area (Å²) in [6, 6.07) is 3.47. The summed E-state index contributed by atoms with van der Waals surface area (Å²) in [5.74, 6) is 0.175. The Hall–Kier alpha value is -0.670. The smallest absolute Gasteiger partial charge is 0.154 e. The van der Waals surface area contributed by atoms with Crippen molar-refractivity contribution in [3.8, 4) is 0 Å². The molecule has 0 aliphatic carbocycles. The molecule has 0 saturated carbocycles. The van der Waals surface area contributed by atoms with E-state index in [4.69, 9.17) is 5.73 Å². The molecule has 2 nitrogen and oxygen atoms in total. The van der Waals surface area contributed by atoms with Crippen molar-refractivity contribution >= 4 is 17.1 Å². The lowest BCUT2D eigenvalue weighted by molar-refractivity contribution is -0.120. The fourth-order valence-corrected chi connectivity index (χ4v) is 2.26. The van der Waals surface area contributed by atoms with Crippen LogP contribution >= 0.6 is 11.3 Å². The summed E-state index contributed by atoms with van der Waals surface area (Å²) in [7, 11) is 0. The van der Waals surface area contributed by atoms with E-state index in [-0.39, 0.29) is 5.78 Å². The molecule has 0 aliphatic heterocycles. The molecule has 0 aliphatic rings. The van der Waals surface area contributed by atoms with Crippen LogP contribution in [0.5, 0.6) is 0 Å². The van der Waals surface area contributed by atoms with Gasteiger partial charge in [-0.05, 0) is 17.9 Å². The lowest BCUT2D eigenvalue weighted by Crippen LogP contribution is -2.20. The molecular formula is C12H19NOS. The highest BCUT2D eigenvalue weighted by Gasteiger charge is 2.15. The maximum atomic E-state index is 11.7. The van der Waals surface area contributed by atoms with Gasteiger partial charge in [-0.25, -0.2) is 0 Å². The number of carbonyl (C=O) groups excluding carboxylic acids is 1. The summed E-state index contributed by atoms with van der Waals surface area (Å²) < 4.78 is 0. The molecule has 0 saturated heterocycles. The van der Waals surface area contributed by atoms with Crippen LogP contribution < -0.4 is 5.73 Å². The first-order valence-corrected chi connectivity index (χ1v) is 6.45. The number of hydrogen-bond acceptors (Lipinski definition) is 3. The molecule has 1 aromatic rings. The van der Waals surface area contributed by atoms with Crippen LogP contribution in [0.3, 0.4) is 0 Å². The van der Waals surface area contributed by atoms with Crippen LogP contribution in [0.1, 0.15) is 49.9 Å². The van der Waals surface area contributed by atoms with Crippen LogP contribution in [-0.4, -0.2) is 5.78 Å². The number of rotatable bonds is 7. The van der Waals surface area contributed by atoms with Gasteiger partial charge in [0.25, 0.3) is 0 Å². The van der Waals surface area contributed by atoms with Crippen molar-refractivity contribution in [1.29, 1.82) is 0 Å². The van der Waals surface area contributed by atoms with Gasteiger partial charge in [-0.2, -0.15) is 0 Å². The third-order valence-electron chi connectivity index (χ3n) is 2.47. The first kappa shape index (κ1) is 12.4. The van der Waals surface area contributed by atoms with E-state index in [0.29, 0.717) is 6.42 Å². The van der Waals surface area contributed by atoms with E-state index in [2.05, 4.69) is 6.92 Å². The minimum atomic E-state index is -0.397. The molecule has 3 heteroatoms. The highest BCUT2D eigenvalue weighted by atomic mass is 32.1. The van der Waals surface area contributed by atoms with Crippen molar-refractivity contribution in [2.75, 3.05) is 0 Å². The average molecular weight is 225 g/mol. The largest absolute Gasteiger partial charge is 0.317 e. The molecule has 0 spiro atoms. The monoisotopic (exact) mass is 225 g/mol. The molecule has 0 fully saturated rings. The number of unbranched alkanes of at least 4 members (excludes halogenated alkanes) is 3. The van der Waals surface area contributed by atoms with E-state index in [1.54, 1.807) is 11.3 Å². The Morgan fingerprint density at radius 2 is 2.27 bits per heavy atom. The van der Waals surface area contributed by atoms with Crippen molar-refractivity contribution < 1.29 is 4.79 Å². The van der Waals surface area contributed by atoms with E-state index in [0.717, 1.165) is 17.7 Å². The predicted molar refractivity (Wildman–Crippen MR) is 65.0 cm³/mol. The molecule has 2 N–H and O–H groups in total. The Labute approximate surface area is 95.5 Å². The molecule has 0 aromatic carbocycles. The third kappa shape index (κ3) is 4.14. The normalized spacial score (nSPS) is 12.7. The minimum absolute atomic E-state index is 0.175. The Bertz CT molecular complexity index is 282. The molecule has 0 radical (unpaired) electrons. The van der Waals surface area contributed by atoms with Gasteiger partial charge in [0.1, 0.15) is 0 Å². The fourth-order valence-electron chi connectivity index (χ4n) is 1.51. The van der Waals surface area contributed by atoms with E-state index < -0.39 is 6.04 Å². The number of Topliss-reactive ketones (excluding diaryl/α,β-unsaturated/α-hetero) is 1. The SMILES string of the molecule is CCCCCCC(=O)C(N)c1cccs1. The average Bonchev–Trinajstić information content (AvgIpc) is 2.76. The zero-order valence-corrected chi connectivity index (χ0v) is 10.1. The molecular weight excluding hydrogens is 206 g/mol. The summed E-state index contributed by atoms with van der Waals surface area (Å²) >= 11 is 1.56. The minimum Gasteiger partial charge on any atom is -0.317 e. The number of thiophene rings is 1. The summed E-state index contributed by atoms with van der Waals surface area (Å²) in [5, 5.41) is 1.96. The predicted octanol–water partition coefficient (Wildman–Crippen LogP) is 3.29. The molecule has 1 unspecified atom stereocenters. The number of ketones is 1. The number of carbonyl (C=O) groups is 1. The standard InChI is InChI=1S/C12H19NOS/c1-2-3-4-5-7-10(14)12(13)11-8-6-9-15-11/h6,8-9,12H,2-5,7,13H2,1H3. The van der Waals surface area contributed by atoms with Gasteiger partial charge in [-0.15, -0.1) is 11.3 Å². The molecule has 15 heavy (non-hydrogen) atoms. The van der Waals surface area contributed by atoms with Crippen molar-refractivity contribution in [2.24, 2.45) is 5.73 Å². The van der Waals surface area contributed by atoms with Crippen LogP contribution in [0.4, 0.5) is 0 Å². The highest BCUT2D eigenvalue weighted by molar-refractivity contribution is 7.10. The maximum Gasteiger partial charge on any atom is 0.154 e. The van der Waals surface area contributed by atoms with Crippen molar-refractivity contribution in [1.82, 2.24) is 0 Å². The van der Waals surface area contributed by atoms with Crippen LogP contribution in [0.2, 0.25) is 0 Å². The van der Waals surface area contributed by atoms with Gasteiger partial charge in [-0.1, -0.05) is 32.3 Å². The van der Waals surface area contributed by atoms with Gasteiger partial charge in [0, 0.05) is 11.3 Å². The maximum absolute atomic E-state index is 11.7.